The molecule has 0 amide bonds. The molecule has 1 aliphatic rings. The van der Waals surface area contributed by atoms with Gasteiger partial charge in [0.25, 0.3) is 0 Å². The van der Waals surface area contributed by atoms with Crippen LogP contribution >= 0.6 is 0 Å². The van der Waals surface area contributed by atoms with Gasteiger partial charge in [-0.3, -0.25) is 4.90 Å². The minimum Gasteiger partial charge on any atom is -0.466 e. The second kappa shape index (κ2) is 9.17. The lowest BCUT2D eigenvalue weighted by molar-refractivity contribution is -0.136. The third-order valence-electron chi connectivity index (χ3n) is 4.24. The van der Waals surface area contributed by atoms with Gasteiger partial charge in [0.1, 0.15) is 0 Å². The highest BCUT2D eigenvalue weighted by molar-refractivity contribution is 5.88. The Kier molecular flexibility index (Phi) is 7.90. The van der Waals surface area contributed by atoms with Crippen LogP contribution in [0.4, 0.5) is 0 Å². The molecule has 0 radical (unpaired) electrons. The summed E-state index contributed by atoms with van der Waals surface area (Å²) in [5.41, 5.74) is 0.806. The predicted octanol–water partition coefficient (Wildman–Crippen LogP) is 3.79. The molecule has 0 atom stereocenters. The highest BCUT2D eigenvalue weighted by Gasteiger charge is 2.22. The quantitative estimate of drug-likeness (QED) is 0.501. The first-order chi connectivity index (χ1) is 9.58. The summed E-state index contributed by atoms with van der Waals surface area (Å²) in [4.78, 5) is 14.2. The zero-order chi connectivity index (χ0) is 15.0. The van der Waals surface area contributed by atoms with E-state index in [0.29, 0.717) is 6.04 Å². The predicted molar refractivity (Wildman–Crippen MR) is 83.7 cm³/mol. The van der Waals surface area contributed by atoms with Gasteiger partial charge in [-0.25, -0.2) is 4.79 Å². The third kappa shape index (κ3) is 5.66. The molecule has 0 aromatic carbocycles. The average molecular weight is 281 g/mol. The first kappa shape index (κ1) is 17.2. The highest BCUT2D eigenvalue weighted by Crippen LogP contribution is 2.24. The Bertz CT molecular complexity index is 317. The standard InChI is InChI=1S/C17H31NO2/c1-5-15(17(19)20-4)11-13-18(12-10-14(2)3)16-8-6-7-9-16/h11,14,16H,5-10,12-13H2,1-4H3. The molecule has 3 nitrogen and oxygen atoms in total. The molecule has 0 aromatic heterocycles. The SMILES string of the molecule is CCC(=CCN(CCC(C)C)C1CCCC1)C(=O)OC. The topological polar surface area (TPSA) is 29.5 Å². The number of hydrogen-bond donors (Lipinski definition) is 0. The summed E-state index contributed by atoms with van der Waals surface area (Å²) in [7, 11) is 1.46. The van der Waals surface area contributed by atoms with Crippen LogP contribution in [0.25, 0.3) is 0 Å². The molecule has 0 aliphatic heterocycles. The van der Waals surface area contributed by atoms with Crippen LogP contribution in [0.1, 0.15) is 59.3 Å². The molecule has 1 fully saturated rings. The number of esters is 1. The third-order valence-corrected chi connectivity index (χ3v) is 4.24. The van der Waals surface area contributed by atoms with E-state index < -0.39 is 0 Å². The fourth-order valence-electron chi connectivity index (χ4n) is 2.85. The van der Waals surface area contributed by atoms with E-state index in [2.05, 4.69) is 24.8 Å². The van der Waals surface area contributed by atoms with E-state index in [4.69, 9.17) is 4.74 Å². The molecule has 0 heterocycles. The van der Waals surface area contributed by atoms with E-state index in [9.17, 15) is 4.79 Å². The summed E-state index contributed by atoms with van der Waals surface area (Å²) < 4.78 is 4.83. The molecule has 20 heavy (non-hydrogen) atoms. The van der Waals surface area contributed by atoms with Gasteiger partial charge in [-0.05, 0) is 38.1 Å². The molecule has 0 aromatic rings. The fourth-order valence-corrected chi connectivity index (χ4v) is 2.85. The molecule has 1 rings (SSSR count). The van der Waals surface area contributed by atoms with Gasteiger partial charge < -0.3 is 4.74 Å². The van der Waals surface area contributed by atoms with E-state index in [-0.39, 0.29) is 5.97 Å². The van der Waals surface area contributed by atoms with Crippen LogP contribution in [0.15, 0.2) is 11.6 Å². The maximum atomic E-state index is 11.6. The van der Waals surface area contributed by atoms with Crippen molar-refractivity contribution in [2.45, 2.75) is 65.3 Å². The second-order valence-corrected chi connectivity index (χ2v) is 6.19. The van der Waals surface area contributed by atoms with Gasteiger partial charge in [0.15, 0.2) is 0 Å². The fraction of sp³-hybridized carbons (Fsp3) is 0.824. The van der Waals surface area contributed by atoms with E-state index in [1.54, 1.807) is 0 Å². The maximum absolute atomic E-state index is 11.6. The molecule has 0 saturated heterocycles. The summed E-state index contributed by atoms with van der Waals surface area (Å²) >= 11 is 0. The lowest BCUT2D eigenvalue weighted by Crippen LogP contribution is -2.35. The summed E-state index contributed by atoms with van der Waals surface area (Å²) in [5, 5.41) is 0. The van der Waals surface area contributed by atoms with E-state index in [0.717, 1.165) is 31.0 Å². The van der Waals surface area contributed by atoms with Gasteiger partial charge in [0.2, 0.25) is 0 Å². The summed E-state index contributed by atoms with van der Waals surface area (Å²) in [6, 6.07) is 0.709. The van der Waals surface area contributed by atoms with E-state index in [1.165, 1.54) is 39.2 Å². The van der Waals surface area contributed by atoms with Gasteiger partial charge in [-0.2, -0.15) is 0 Å². The van der Waals surface area contributed by atoms with Gasteiger partial charge in [0, 0.05) is 18.2 Å². The highest BCUT2D eigenvalue weighted by atomic mass is 16.5. The van der Waals surface area contributed by atoms with Crippen molar-refractivity contribution in [3.63, 3.8) is 0 Å². The summed E-state index contributed by atoms with van der Waals surface area (Å²) in [5.74, 6) is 0.553. The second-order valence-electron chi connectivity index (χ2n) is 6.19. The molecule has 0 unspecified atom stereocenters. The molecule has 3 heteroatoms. The van der Waals surface area contributed by atoms with Crippen molar-refractivity contribution in [1.29, 1.82) is 0 Å². The minimum atomic E-state index is -0.178. The molecule has 1 aliphatic carbocycles. The van der Waals surface area contributed by atoms with Crippen LogP contribution in [0.2, 0.25) is 0 Å². The lowest BCUT2D eigenvalue weighted by Gasteiger charge is -2.28. The Morgan fingerprint density at radius 2 is 2.00 bits per heavy atom. The van der Waals surface area contributed by atoms with Gasteiger partial charge in [-0.15, -0.1) is 0 Å². The summed E-state index contributed by atoms with van der Waals surface area (Å²) in [6.45, 7) is 8.58. The zero-order valence-corrected chi connectivity index (χ0v) is 13.7. The molecule has 116 valence electrons. The van der Waals surface area contributed by atoms with Gasteiger partial charge in [-0.1, -0.05) is 39.7 Å². The largest absolute Gasteiger partial charge is 0.466 e. The number of carbonyl (C=O) groups is 1. The smallest absolute Gasteiger partial charge is 0.333 e. The molecular formula is C17H31NO2. The van der Waals surface area contributed by atoms with Crippen molar-refractivity contribution >= 4 is 5.97 Å². The Morgan fingerprint density at radius 3 is 2.50 bits per heavy atom. The van der Waals surface area contributed by atoms with E-state index >= 15 is 0 Å². The van der Waals surface area contributed by atoms with Crippen LogP contribution < -0.4 is 0 Å². The molecule has 1 saturated carbocycles. The van der Waals surface area contributed by atoms with Crippen molar-refractivity contribution in [2.75, 3.05) is 20.2 Å². The van der Waals surface area contributed by atoms with Crippen LogP contribution in [0.5, 0.6) is 0 Å². The van der Waals surface area contributed by atoms with Crippen molar-refractivity contribution in [2.24, 2.45) is 5.92 Å². The molecule has 0 N–H and O–H groups in total. The number of rotatable bonds is 8. The monoisotopic (exact) mass is 281 g/mol. The molecule has 0 bridgehead atoms. The minimum absolute atomic E-state index is 0.178. The van der Waals surface area contributed by atoms with Crippen LogP contribution in [-0.4, -0.2) is 37.1 Å². The Labute approximate surface area is 124 Å². The molecule has 0 spiro atoms. The van der Waals surface area contributed by atoms with Crippen LogP contribution in [-0.2, 0) is 9.53 Å². The lowest BCUT2D eigenvalue weighted by atomic mass is 10.1. The zero-order valence-electron chi connectivity index (χ0n) is 13.7. The van der Waals surface area contributed by atoms with Gasteiger partial charge in [0.05, 0.1) is 7.11 Å². The Hall–Kier alpha value is -0.830. The van der Waals surface area contributed by atoms with Gasteiger partial charge >= 0.3 is 5.97 Å². The average Bonchev–Trinajstić information content (AvgIpc) is 2.95. The van der Waals surface area contributed by atoms with Crippen LogP contribution in [0.3, 0.4) is 0 Å². The molecular weight excluding hydrogens is 250 g/mol. The van der Waals surface area contributed by atoms with Crippen molar-refractivity contribution in [3.8, 4) is 0 Å². The Balaban J connectivity index is 2.62. The number of hydrogen-bond acceptors (Lipinski definition) is 3. The summed E-state index contributed by atoms with van der Waals surface area (Å²) in [6.07, 6.45) is 9.37. The Morgan fingerprint density at radius 1 is 1.35 bits per heavy atom. The number of methoxy groups -OCH3 is 1. The number of nitrogens with zero attached hydrogens (tertiary/aromatic N) is 1. The number of ether oxygens (including phenoxy) is 1. The van der Waals surface area contributed by atoms with Crippen molar-refractivity contribution in [3.05, 3.63) is 11.6 Å². The van der Waals surface area contributed by atoms with Crippen molar-refractivity contribution in [1.82, 2.24) is 4.90 Å². The normalized spacial score (nSPS) is 17.2. The van der Waals surface area contributed by atoms with Crippen LogP contribution in [0, 0.1) is 5.92 Å². The maximum Gasteiger partial charge on any atom is 0.333 e. The first-order valence-corrected chi connectivity index (χ1v) is 8.09. The van der Waals surface area contributed by atoms with E-state index in [1.807, 2.05) is 6.92 Å². The van der Waals surface area contributed by atoms with Crippen molar-refractivity contribution < 1.29 is 9.53 Å². The first-order valence-electron chi connectivity index (χ1n) is 8.09. The number of carbonyl (C=O) groups excluding carboxylic acids is 1.